The van der Waals surface area contributed by atoms with Gasteiger partial charge in [0.2, 0.25) is 17.7 Å². The summed E-state index contributed by atoms with van der Waals surface area (Å²) in [5.41, 5.74) is 4.97. The summed E-state index contributed by atoms with van der Waals surface area (Å²) in [6.07, 6.45) is -1.12. The van der Waals surface area contributed by atoms with Crippen molar-refractivity contribution in [1.82, 2.24) is 15.5 Å². The number of carbonyl (C=O) groups excluding carboxylic acids is 4. The van der Waals surface area contributed by atoms with E-state index in [1.807, 2.05) is 0 Å². The second-order valence-electron chi connectivity index (χ2n) is 8.94. The number of hydrogen-bond donors (Lipinski definition) is 4. The Morgan fingerprint density at radius 3 is 2.18 bits per heavy atom. The highest BCUT2D eigenvalue weighted by atomic mass is 16.6. The summed E-state index contributed by atoms with van der Waals surface area (Å²) in [6, 6.07) is 6.18. The summed E-state index contributed by atoms with van der Waals surface area (Å²) in [7, 11) is 0. The van der Waals surface area contributed by atoms with Gasteiger partial charge in [0.25, 0.3) is 0 Å². The number of nitrogens with two attached hydrogens (primary N) is 1. The van der Waals surface area contributed by atoms with Crippen molar-refractivity contribution < 1.29 is 29.0 Å². The Balaban J connectivity index is 3.35. The highest BCUT2D eigenvalue weighted by Gasteiger charge is 2.36. The van der Waals surface area contributed by atoms with Crippen molar-refractivity contribution in [2.75, 3.05) is 13.2 Å². The molecule has 0 spiro atoms. The van der Waals surface area contributed by atoms with Gasteiger partial charge in [-0.15, -0.1) is 0 Å². The van der Waals surface area contributed by atoms with E-state index in [2.05, 4.69) is 10.6 Å². The fraction of sp³-hybridized carbons (Fsp3) is 0.565. The maximum absolute atomic E-state index is 13.6. The van der Waals surface area contributed by atoms with Gasteiger partial charge in [-0.05, 0) is 46.6 Å². The van der Waals surface area contributed by atoms with Gasteiger partial charge in [0.15, 0.2) is 0 Å². The number of aliphatic hydroxyl groups is 1. The van der Waals surface area contributed by atoms with Crippen LogP contribution in [0.4, 0.5) is 4.79 Å². The minimum Gasteiger partial charge on any atom is -0.444 e. The lowest BCUT2D eigenvalue weighted by Gasteiger charge is -2.34. The number of alkyl carbamates (subject to hydrolysis) is 1. The van der Waals surface area contributed by atoms with Crippen molar-refractivity contribution >= 4 is 23.8 Å². The fourth-order valence-corrected chi connectivity index (χ4v) is 3.14. The van der Waals surface area contributed by atoms with Crippen molar-refractivity contribution in [3.63, 3.8) is 0 Å². The zero-order valence-electron chi connectivity index (χ0n) is 20.0. The highest BCUT2D eigenvalue weighted by molar-refractivity contribution is 5.92. The molecule has 2 atom stereocenters. The molecular formula is C23H36N4O6. The Bertz CT molecular complexity index is 807. The number of ether oxygens (including phenoxy) is 1. The molecule has 4 amide bonds. The molecule has 0 saturated heterocycles. The van der Waals surface area contributed by atoms with Crippen LogP contribution in [0.1, 0.15) is 59.1 Å². The minimum atomic E-state index is -1.20. The number of hydrogen-bond acceptors (Lipinski definition) is 6. The van der Waals surface area contributed by atoms with Gasteiger partial charge in [-0.2, -0.15) is 0 Å². The molecule has 0 fully saturated rings. The summed E-state index contributed by atoms with van der Waals surface area (Å²) in [6.45, 7) is 8.01. The summed E-state index contributed by atoms with van der Waals surface area (Å²) in [5, 5.41) is 14.9. The van der Waals surface area contributed by atoms with Gasteiger partial charge in [0.05, 0.1) is 6.61 Å². The first-order chi connectivity index (χ1) is 15.4. The number of amides is 4. The van der Waals surface area contributed by atoms with Crippen LogP contribution >= 0.6 is 0 Å². The monoisotopic (exact) mass is 464 g/mol. The first-order valence-corrected chi connectivity index (χ1v) is 10.9. The molecule has 1 aromatic carbocycles. The molecule has 1 rings (SSSR count). The lowest BCUT2D eigenvalue weighted by atomic mass is 10.0. The number of carbonyl (C=O) groups is 4. The molecule has 0 saturated carbocycles. The van der Waals surface area contributed by atoms with Crippen molar-refractivity contribution in [2.45, 2.75) is 71.2 Å². The third kappa shape index (κ3) is 9.90. The average Bonchev–Trinajstić information content (AvgIpc) is 2.69. The first-order valence-electron chi connectivity index (χ1n) is 10.9. The Morgan fingerprint density at radius 2 is 1.70 bits per heavy atom. The number of nitrogens with zero attached hydrogens (tertiary/aromatic N) is 1. The standard InChI is InChI=1S/C23H36N4O6/c1-15(2)25-20(30)19(16-9-7-6-8-10-16)27(13-14-28)21(31)17(11-12-18(24)29)26-22(32)33-23(3,4)5/h6-10,15,17,19,28H,11-14H2,1-5H3,(H2,24,29)(H,25,30)(H,26,32). The van der Waals surface area contributed by atoms with Gasteiger partial charge in [0, 0.05) is 19.0 Å². The summed E-state index contributed by atoms with van der Waals surface area (Å²) >= 11 is 0. The number of aliphatic hydroxyl groups excluding tert-OH is 1. The molecule has 10 nitrogen and oxygen atoms in total. The second kappa shape index (κ2) is 12.8. The lowest BCUT2D eigenvalue weighted by molar-refractivity contribution is -0.143. The van der Waals surface area contributed by atoms with Crippen LogP contribution in [-0.2, 0) is 19.1 Å². The lowest BCUT2D eigenvalue weighted by Crippen LogP contribution is -2.54. The average molecular weight is 465 g/mol. The quantitative estimate of drug-likeness (QED) is 0.387. The molecule has 10 heteroatoms. The normalized spacial score (nSPS) is 13.1. The third-order valence-corrected chi connectivity index (χ3v) is 4.40. The van der Waals surface area contributed by atoms with Gasteiger partial charge in [0.1, 0.15) is 17.7 Å². The van der Waals surface area contributed by atoms with Gasteiger partial charge in [-0.3, -0.25) is 14.4 Å². The van der Waals surface area contributed by atoms with Crippen LogP contribution < -0.4 is 16.4 Å². The SMILES string of the molecule is CC(C)NC(=O)C(c1ccccc1)N(CCO)C(=O)C(CCC(N)=O)NC(=O)OC(C)(C)C. The zero-order chi connectivity index (χ0) is 25.2. The van der Waals surface area contributed by atoms with Crippen molar-refractivity contribution in [3.8, 4) is 0 Å². The molecule has 5 N–H and O–H groups in total. The van der Waals surface area contributed by atoms with E-state index < -0.39 is 48.1 Å². The molecule has 33 heavy (non-hydrogen) atoms. The number of primary amides is 1. The Labute approximate surface area is 194 Å². The molecule has 0 heterocycles. The van der Waals surface area contributed by atoms with E-state index in [-0.39, 0.29) is 25.4 Å². The maximum Gasteiger partial charge on any atom is 0.408 e. The molecule has 0 aromatic heterocycles. The van der Waals surface area contributed by atoms with Gasteiger partial charge in [-0.1, -0.05) is 30.3 Å². The largest absolute Gasteiger partial charge is 0.444 e. The molecule has 2 unspecified atom stereocenters. The Morgan fingerprint density at radius 1 is 1.09 bits per heavy atom. The molecule has 0 aliphatic heterocycles. The third-order valence-electron chi connectivity index (χ3n) is 4.40. The smallest absolute Gasteiger partial charge is 0.408 e. The maximum atomic E-state index is 13.6. The van der Waals surface area contributed by atoms with E-state index >= 15 is 0 Å². The van der Waals surface area contributed by atoms with Crippen LogP contribution in [0.2, 0.25) is 0 Å². The van der Waals surface area contributed by atoms with Crippen LogP contribution in [0.25, 0.3) is 0 Å². The van der Waals surface area contributed by atoms with E-state index in [0.29, 0.717) is 5.56 Å². The van der Waals surface area contributed by atoms with Gasteiger partial charge >= 0.3 is 6.09 Å². The topological polar surface area (TPSA) is 151 Å². The molecule has 0 aliphatic rings. The molecule has 0 radical (unpaired) electrons. The Hall–Kier alpha value is -3.14. The van der Waals surface area contributed by atoms with Crippen LogP contribution in [0.3, 0.4) is 0 Å². The summed E-state index contributed by atoms with van der Waals surface area (Å²) in [4.78, 5) is 51.6. The predicted molar refractivity (Wildman–Crippen MR) is 123 cm³/mol. The van der Waals surface area contributed by atoms with E-state index in [1.54, 1.807) is 65.0 Å². The van der Waals surface area contributed by atoms with Gasteiger partial charge in [-0.25, -0.2) is 4.79 Å². The van der Waals surface area contributed by atoms with E-state index in [1.165, 1.54) is 4.90 Å². The first kappa shape index (κ1) is 27.9. The summed E-state index contributed by atoms with van der Waals surface area (Å²) in [5.74, 6) is -1.74. The molecular weight excluding hydrogens is 428 g/mol. The van der Waals surface area contributed by atoms with Crippen LogP contribution in [-0.4, -0.2) is 64.7 Å². The molecule has 0 bridgehead atoms. The van der Waals surface area contributed by atoms with Crippen LogP contribution in [0, 0.1) is 0 Å². The Kier molecular flexibility index (Phi) is 10.8. The zero-order valence-corrected chi connectivity index (χ0v) is 20.0. The predicted octanol–water partition coefficient (Wildman–Crippen LogP) is 1.23. The van der Waals surface area contributed by atoms with E-state index in [9.17, 15) is 24.3 Å². The van der Waals surface area contributed by atoms with E-state index in [0.717, 1.165) is 0 Å². The van der Waals surface area contributed by atoms with Crippen LogP contribution in [0.5, 0.6) is 0 Å². The summed E-state index contributed by atoms with van der Waals surface area (Å²) < 4.78 is 5.24. The van der Waals surface area contributed by atoms with Crippen molar-refractivity contribution in [2.24, 2.45) is 5.73 Å². The second-order valence-corrected chi connectivity index (χ2v) is 8.94. The van der Waals surface area contributed by atoms with Crippen molar-refractivity contribution in [1.29, 1.82) is 0 Å². The fourth-order valence-electron chi connectivity index (χ4n) is 3.14. The number of benzene rings is 1. The number of rotatable bonds is 11. The minimum absolute atomic E-state index is 0.0946. The molecule has 1 aromatic rings. The van der Waals surface area contributed by atoms with Gasteiger partial charge < -0.3 is 31.1 Å². The molecule has 184 valence electrons. The van der Waals surface area contributed by atoms with Crippen molar-refractivity contribution in [3.05, 3.63) is 35.9 Å². The highest BCUT2D eigenvalue weighted by Crippen LogP contribution is 2.23. The number of nitrogens with one attached hydrogen (secondary N) is 2. The molecule has 0 aliphatic carbocycles. The van der Waals surface area contributed by atoms with E-state index in [4.69, 9.17) is 10.5 Å². The van der Waals surface area contributed by atoms with Crippen LogP contribution in [0.15, 0.2) is 30.3 Å².